The first-order valence-electron chi connectivity index (χ1n) is 6.08. The number of aliphatic hydroxyl groups is 1. The van der Waals surface area contributed by atoms with E-state index in [1.54, 1.807) is 6.92 Å². The molecule has 0 amide bonds. The number of carboxylic acids is 1. The zero-order valence-electron chi connectivity index (χ0n) is 10.0. The highest BCUT2D eigenvalue weighted by atomic mass is 16.4. The molecule has 92 valence electrons. The lowest BCUT2D eigenvalue weighted by atomic mass is 9.78. The SMILES string of the molecule is CC(O)c1ccc(C2(C(=O)O)CCCC2)cc1. The molecule has 1 atom stereocenters. The van der Waals surface area contributed by atoms with E-state index in [4.69, 9.17) is 0 Å². The second-order valence-corrected chi connectivity index (χ2v) is 4.89. The van der Waals surface area contributed by atoms with Crippen molar-refractivity contribution in [2.45, 2.75) is 44.1 Å². The van der Waals surface area contributed by atoms with Crippen LogP contribution in [0.2, 0.25) is 0 Å². The smallest absolute Gasteiger partial charge is 0.314 e. The van der Waals surface area contributed by atoms with E-state index >= 15 is 0 Å². The van der Waals surface area contributed by atoms with Gasteiger partial charge in [-0.15, -0.1) is 0 Å². The van der Waals surface area contributed by atoms with Gasteiger partial charge < -0.3 is 10.2 Å². The van der Waals surface area contributed by atoms with Crippen LogP contribution in [-0.4, -0.2) is 16.2 Å². The highest BCUT2D eigenvalue weighted by Gasteiger charge is 2.42. The van der Waals surface area contributed by atoms with E-state index in [1.807, 2.05) is 24.3 Å². The third-order valence-electron chi connectivity index (χ3n) is 3.81. The van der Waals surface area contributed by atoms with Gasteiger partial charge in [0.1, 0.15) is 0 Å². The molecule has 0 saturated heterocycles. The predicted molar refractivity (Wildman–Crippen MR) is 64.9 cm³/mol. The van der Waals surface area contributed by atoms with Crippen LogP contribution in [0.1, 0.15) is 49.8 Å². The molecule has 2 rings (SSSR count). The molecule has 3 heteroatoms. The minimum atomic E-state index is -0.722. The maximum absolute atomic E-state index is 11.5. The van der Waals surface area contributed by atoms with Crippen LogP contribution in [0.15, 0.2) is 24.3 Å². The van der Waals surface area contributed by atoms with E-state index < -0.39 is 17.5 Å². The molecule has 0 aliphatic heterocycles. The third-order valence-corrected chi connectivity index (χ3v) is 3.81. The molecule has 0 radical (unpaired) electrons. The Kier molecular flexibility index (Phi) is 3.20. The highest BCUT2D eigenvalue weighted by Crippen LogP contribution is 2.41. The maximum Gasteiger partial charge on any atom is 0.314 e. The van der Waals surface area contributed by atoms with Crippen molar-refractivity contribution in [1.82, 2.24) is 0 Å². The van der Waals surface area contributed by atoms with Gasteiger partial charge >= 0.3 is 5.97 Å². The Labute approximate surface area is 101 Å². The molecule has 1 aliphatic carbocycles. The third kappa shape index (κ3) is 2.07. The molecule has 1 aromatic carbocycles. The number of hydrogen-bond acceptors (Lipinski definition) is 2. The lowest BCUT2D eigenvalue weighted by Gasteiger charge is -2.24. The summed E-state index contributed by atoms with van der Waals surface area (Å²) in [5.41, 5.74) is 0.996. The van der Waals surface area contributed by atoms with Gasteiger partial charge in [0, 0.05) is 0 Å². The van der Waals surface area contributed by atoms with Crippen LogP contribution in [0.3, 0.4) is 0 Å². The van der Waals surface area contributed by atoms with Crippen LogP contribution in [-0.2, 0) is 10.2 Å². The molecular weight excluding hydrogens is 216 g/mol. The Bertz CT molecular complexity index is 400. The minimum Gasteiger partial charge on any atom is -0.481 e. The average molecular weight is 234 g/mol. The molecule has 2 N–H and O–H groups in total. The Hall–Kier alpha value is -1.35. The molecule has 0 spiro atoms. The van der Waals surface area contributed by atoms with E-state index in [2.05, 4.69) is 0 Å². The first kappa shape index (κ1) is 12.1. The average Bonchev–Trinajstić information content (AvgIpc) is 2.79. The van der Waals surface area contributed by atoms with Crippen molar-refractivity contribution in [3.05, 3.63) is 35.4 Å². The fourth-order valence-electron chi connectivity index (χ4n) is 2.69. The Morgan fingerprint density at radius 3 is 2.18 bits per heavy atom. The number of carbonyl (C=O) groups is 1. The van der Waals surface area contributed by atoms with Crippen molar-refractivity contribution in [2.75, 3.05) is 0 Å². The lowest BCUT2D eigenvalue weighted by molar-refractivity contribution is -0.143. The Balaban J connectivity index is 2.35. The predicted octanol–water partition coefficient (Wildman–Crippen LogP) is 2.64. The van der Waals surface area contributed by atoms with Crippen LogP contribution >= 0.6 is 0 Å². The van der Waals surface area contributed by atoms with Crippen LogP contribution in [0.4, 0.5) is 0 Å². The Morgan fingerprint density at radius 1 is 1.24 bits per heavy atom. The second kappa shape index (κ2) is 4.49. The number of carboxylic acid groups (broad SMARTS) is 1. The number of hydrogen-bond donors (Lipinski definition) is 2. The summed E-state index contributed by atoms with van der Waals surface area (Å²) in [5, 5.41) is 18.9. The van der Waals surface area contributed by atoms with E-state index in [0.29, 0.717) is 0 Å². The van der Waals surface area contributed by atoms with Crippen molar-refractivity contribution in [3.63, 3.8) is 0 Å². The fourth-order valence-corrected chi connectivity index (χ4v) is 2.69. The summed E-state index contributed by atoms with van der Waals surface area (Å²) >= 11 is 0. The van der Waals surface area contributed by atoms with Gasteiger partial charge in [-0.05, 0) is 30.9 Å². The van der Waals surface area contributed by atoms with Crippen LogP contribution in [0.25, 0.3) is 0 Å². The standard InChI is InChI=1S/C14H18O3/c1-10(15)11-4-6-12(7-5-11)14(13(16)17)8-2-3-9-14/h4-7,10,15H,2-3,8-9H2,1H3,(H,16,17). The van der Waals surface area contributed by atoms with Gasteiger partial charge in [0.05, 0.1) is 11.5 Å². The van der Waals surface area contributed by atoms with Crippen molar-refractivity contribution >= 4 is 5.97 Å². The summed E-state index contributed by atoms with van der Waals surface area (Å²) in [6, 6.07) is 7.34. The van der Waals surface area contributed by atoms with Crippen LogP contribution in [0, 0.1) is 0 Å². The largest absolute Gasteiger partial charge is 0.481 e. The second-order valence-electron chi connectivity index (χ2n) is 4.89. The van der Waals surface area contributed by atoms with Crippen molar-refractivity contribution < 1.29 is 15.0 Å². The van der Waals surface area contributed by atoms with Gasteiger partial charge in [-0.1, -0.05) is 37.1 Å². The molecule has 17 heavy (non-hydrogen) atoms. The fraction of sp³-hybridized carbons (Fsp3) is 0.500. The minimum absolute atomic E-state index is 0.506. The topological polar surface area (TPSA) is 57.5 Å². The summed E-state index contributed by atoms with van der Waals surface area (Å²) in [7, 11) is 0. The monoisotopic (exact) mass is 234 g/mol. The molecule has 0 aromatic heterocycles. The number of aliphatic carboxylic acids is 1. The van der Waals surface area contributed by atoms with E-state index in [1.165, 1.54) is 0 Å². The zero-order valence-corrected chi connectivity index (χ0v) is 10.0. The van der Waals surface area contributed by atoms with Crippen LogP contribution in [0.5, 0.6) is 0 Å². The first-order valence-corrected chi connectivity index (χ1v) is 6.08. The van der Waals surface area contributed by atoms with Crippen LogP contribution < -0.4 is 0 Å². The summed E-state index contributed by atoms with van der Waals surface area (Å²) in [6.45, 7) is 1.71. The zero-order chi connectivity index (χ0) is 12.5. The van der Waals surface area contributed by atoms with Crippen molar-refractivity contribution in [2.24, 2.45) is 0 Å². The van der Waals surface area contributed by atoms with Gasteiger partial charge in [0.2, 0.25) is 0 Å². The molecule has 1 fully saturated rings. The highest BCUT2D eigenvalue weighted by molar-refractivity contribution is 5.81. The molecule has 1 unspecified atom stereocenters. The molecule has 0 heterocycles. The molecule has 3 nitrogen and oxygen atoms in total. The normalized spacial score (nSPS) is 20.1. The van der Waals surface area contributed by atoms with E-state index in [0.717, 1.165) is 36.8 Å². The number of benzene rings is 1. The first-order chi connectivity index (χ1) is 8.06. The van der Waals surface area contributed by atoms with Gasteiger partial charge in [0.25, 0.3) is 0 Å². The van der Waals surface area contributed by atoms with Gasteiger partial charge in [-0.3, -0.25) is 4.79 Å². The molecule has 1 saturated carbocycles. The van der Waals surface area contributed by atoms with E-state index in [-0.39, 0.29) is 0 Å². The van der Waals surface area contributed by atoms with Crippen molar-refractivity contribution in [1.29, 1.82) is 0 Å². The molecule has 1 aromatic rings. The molecule has 0 bridgehead atoms. The van der Waals surface area contributed by atoms with Crippen molar-refractivity contribution in [3.8, 4) is 0 Å². The lowest BCUT2D eigenvalue weighted by Crippen LogP contribution is -2.32. The summed E-state index contributed by atoms with van der Waals surface area (Å²) in [6.07, 6.45) is 2.88. The quantitative estimate of drug-likeness (QED) is 0.845. The maximum atomic E-state index is 11.5. The molecule has 1 aliphatic rings. The van der Waals surface area contributed by atoms with E-state index in [9.17, 15) is 15.0 Å². The summed E-state index contributed by atoms with van der Waals surface area (Å²) in [4.78, 5) is 11.5. The summed E-state index contributed by atoms with van der Waals surface area (Å²) in [5.74, 6) is -0.722. The number of rotatable bonds is 3. The number of aliphatic hydroxyl groups excluding tert-OH is 1. The Morgan fingerprint density at radius 2 is 1.76 bits per heavy atom. The summed E-state index contributed by atoms with van der Waals surface area (Å²) < 4.78 is 0. The van der Waals surface area contributed by atoms with Gasteiger partial charge in [-0.25, -0.2) is 0 Å². The van der Waals surface area contributed by atoms with Gasteiger partial charge in [0.15, 0.2) is 0 Å². The van der Waals surface area contributed by atoms with Gasteiger partial charge in [-0.2, -0.15) is 0 Å². The molecular formula is C14H18O3.